The summed E-state index contributed by atoms with van der Waals surface area (Å²) in [5.41, 5.74) is 0.205. The van der Waals surface area contributed by atoms with Crippen molar-refractivity contribution in [1.29, 1.82) is 0 Å². The van der Waals surface area contributed by atoms with Crippen LogP contribution in [0.15, 0.2) is 22.7 Å². The number of alkyl carbamates (subject to hydrolysis) is 1. The number of halogens is 2. The number of carbonyl (C=O) groups excluding carboxylic acids is 1. The van der Waals surface area contributed by atoms with Gasteiger partial charge in [0.15, 0.2) is 0 Å². The fraction of sp³-hybridized carbons (Fsp3) is 0.533. The Morgan fingerprint density at radius 2 is 1.90 bits per heavy atom. The van der Waals surface area contributed by atoms with Crippen LogP contribution in [0.3, 0.4) is 0 Å². The molecule has 0 radical (unpaired) electrons. The lowest BCUT2D eigenvalue weighted by Crippen LogP contribution is -2.39. The Labute approximate surface area is 134 Å². The van der Waals surface area contributed by atoms with Crippen molar-refractivity contribution in [2.24, 2.45) is 0 Å². The smallest absolute Gasteiger partial charge is 0.407 e. The van der Waals surface area contributed by atoms with Gasteiger partial charge in [-0.05, 0) is 38.5 Å². The Hall–Kier alpha value is -0.740. The molecule has 20 heavy (non-hydrogen) atoms. The van der Waals surface area contributed by atoms with Crippen LogP contribution in [0, 0.1) is 0 Å². The number of nitrogens with one attached hydrogen (secondary N) is 1. The second-order valence-corrected chi connectivity index (χ2v) is 7.69. The molecule has 0 saturated heterocycles. The van der Waals surface area contributed by atoms with Crippen LogP contribution in [-0.2, 0) is 10.2 Å². The third kappa shape index (κ3) is 5.33. The Bertz CT molecular complexity index is 495. The number of amides is 1. The van der Waals surface area contributed by atoms with Crippen molar-refractivity contribution in [3.63, 3.8) is 0 Å². The molecule has 0 aliphatic heterocycles. The van der Waals surface area contributed by atoms with E-state index in [2.05, 4.69) is 21.2 Å². The zero-order valence-corrected chi connectivity index (χ0v) is 14.9. The molecule has 0 saturated carbocycles. The van der Waals surface area contributed by atoms with Crippen molar-refractivity contribution in [2.75, 3.05) is 6.54 Å². The molecule has 0 aromatic heterocycles. The number of rotatable bonds is 3. The molecule has 1 aromatic rings. The highest BCUT2D eigenvalue weighted by atomic mass is 79.9. The predicted octanol–water partition coefficient (Wildman–Crippen LogP) is 4.90. The van der Waals surface area contributed by atoms with Gasteiger partial charge in [-0.3, -0.25) is 0 Å². The highest BCUT2D eigenvalue weighted by Crippen LogP contribution is 2.31. The Balaban J connectivity index is 2.72. The quantitative estimate of drug-likeness (QED) is 0.830. The maximum Gasteiger partial charge on any atom is 0.407 e. The van der Waals surface area contributed by atoms with E-state index in [1.807, 2.05) is 52.8 Å². The van der Waals surface area contributed by atoms with Gasteiger partial charge in [0.25, 0.3) is 0 Å². The Morgan fingerprint density at radius 3 is 2.40 bits per heavy atom. The average molecular weight is 363 g/mol. The van der Waals surface area contributed by atoms with E-state index in [-0.39, 0.29) is 5.41 Å². The lowest BCUT2D eigenvalue weighted by molar-refractivity contribution is 0.0517. The third-order valence-corrected chi connectivity index (χ3v) is 3.54. The molecule has 5 heteroatoms. The first-order valence-electron chi connectivity index (χ1n) is 6.44. The van der Waals surface area contributed by atoms with E-state index in [4.69, 9.17) is 16.3 Å². The number of carbonyl (C=O) groups is 1. The van der Waals surface area contributed by atoms with E-state index in [9.17, 15) is 4.79 Å². The monoisotopic (exact) mass is 361 g/mol. The van der Waals surface area contributed by atoms with E-state index < -0.39 is 11.7 Å². The van der Waals surface area contributed by atoms with E-state index in [1.165, 1.54) is 0 Å². The maximum atomic E-state index is 11.7. The molecule has 1 aromatic carbocycles. The molecular formula is C15H21BrClNO2. The first-order chi connectivity index (χ1) is 9.01. The Morgan fingerprint density at radius 1 is 1.30 bits per heavy atom. The largest absolute Gasteiger partial charge is 0.444 e. The SMILES string of the molecule is CC(C)(C)OC(=O)NCC(C)(C)c1ccc(Br)cc1Cl. The molecule has 0 aliphatic carbocycles. The summed E-state index contributed by atoms with van der Waals surface area (Å²) in [4.78, 5) is 11.7. The van der Waals surface area contributed by atoms with Crippen molar-refractivity contribution < 1.29 is 9.53 Å². The van der Waals surface area contributed by atoms with Crippen molar-refractivity contribution in [3.05, 3.63) is 33.3 Å². The summed E-state index contributed by atoms with van der Waals surface area (Å²) in [6, 6.07) is 5.76. The first kappa shape index (κ1) is 17.3. The second-order valence-electron chi connectivity index (χ2n) is 6.36. The van der Waals surface area contributed by atoms with Gasteiger partial charge in [0.2, 0.25) is 0 Å². The number of benzene rings is 1. The maximum absolute atomic E-state index is 11.7. The highest BCUT2D eigenvalue weighted by molar-refractivity contribution is 9.10. The van der Waals surface area contributed by atoms with Crippen LogP contribution in [0.5, 0.6) is 0 Å². The minimum absolute atomic E-state index is 0.283. The fourth-order valence-corrected chi connectivity index (χ4v) is 2.67. The molecule has 1 amide bonds. The topological polar surface area (TPSA) is 38.3 Å². The molecule has 3 nitrogen and oxygen atoms in total. The van der Waals surface area contributed by atoms with Gasteiger partial charge >= 0.3 is 6.09 Å². The second kappa shape index (κ2) is 6.35. The van der Waals surface area contributed by atoms with Crippen LogP contribution in [0.2, 0.25) is 5.02 Å². The fourth-order valence-electron chi connectivity index (χ4n) is 1.74. The zero-order valence-electron chi connectivity index (χ0n) is 12.5. The normalized spacial score (nSPS) is 12.2. The van der Waals surface area contributed by atoms with Crippen molar-refractivity contribution >= 4 is 33.6 Å². The van der Waals surface area contributed by atoms with E-state index >= 15 is 0 Å². The summed E-state index contributed by atoms with van der Waals surface area (Å²) >= 11 is 9.65. The van der Waals surface area contributed by atoms with Gasteiger partial charge in [0.05, 0.1) is 0 Å². The molecule has 1 rings (SSSR count). The van der Waals surface area contributed by atoms with Gasteiger partial charge in [-0.1, -0.05) is 47.4 Å². The van der Waals surface area contributed by atoms with Crippen molar-refractivity contribution in [1.82, 2.24) is 5.32 Å². The number of ether oxygens (including phenoxy) is 1. The third-order valence-electron chi connectivity index (χ3n) is 2.73. The van der Waals surface area contributed by atoms with Crippen LogP contribution in [-0.4, -0.2) is 18.2 Å². The molecule has 0 aliphatic rings. The molecule has 0 unspecified atom stereocenters. The van der Waals surface area contributed by atoms with Crippen LogP contribution in [0.4, 0.5) is 4.79 Å². The molecular weight excluding hydrogens is 342 g/mol. The lowest BCUT2D eigenvalue weighted by atomic mass is 9.84. The van der Waals surface area contributed by atoms with E-state index in [1.54, 1.807) is 0 Å². The Kier molecular flexibility index (Phi) is 5.50. The van der Waals surface area contributed by atoms with Crippen LogP contribution in [0.25, 0.3) is 0 Å². The van der Waals surface area contributed by atoms with Crippen LogP contribution in [0.1, 0.15) is 40.2 Å². The van der Waals surface area contributed by atoms with Gasteiger partial charge in [0.1, 0.15) is 5.60 Å². The zero-order chi connectivity index (χ0) is 15.6. The summed E-state index contributed by atoms with van der Waals surface area (Å²) in [5.74, 6) is 0. The van der Waals surface area contributed by atoms with Crippen molar-refractivity contribution in [3.8, 4) is 0 Å². The van der Waals surface area contributed by atoms with Crippen molar-refractivity contribution in [2.45, 2.75) is 45.6 Å². The minimum atomic E-state index is -0.497. The first-order valence-corrected chi connectivity index (χ1v) is 7.61. The molecule has 0 spiro atoms. The summed E-state index contributed by atoms with van der Waals surface area (Å²) in [7, 11) is 0. The van der Waals surface area contributed by atoms with Gasteiger partial charge in [-0.2, -0.15) is 0 Å². The summed E-state index contributed by atoms with van der Waals surface area (Å²) in [5, 5.41) is 3.46. The molecule has 0 heterocycles. The highest BCUT2D eigenvalue weighted by Gasteiger charge is 2.25. The minimum Gasteiger partial charge on any atom is -0.444 e. The van der Waals surface area contributed by atoms with Gasteiger partial charge in [-0.15, -0.1) is 0 Å². The standard InChI is InChI=1S/C15H21BrClNO2/c1-14(2,3)20-13(19)18-9-15(4,5)11-7-6-10(16)8-12(11)17/h6-8H,9H2,1-5H3,(H,18,19). The summed E-state index contributed by atoms with van der Waals surface area (Å²) in [6.45, 7) is 10.0. The summed E-state index contributed by atoms with van der Waals surface area (Å²) < 4.78 is 6.16. The lowest BCUT2D eigenvalue weighted by Gasteiger charge is -2.28. The van der Waals surface area contributed by atoms with E-state index in [0.29, 0.717) is 11.6 Å². The van der Waals surface area contributed by atoms with Gasteiger partial charge in [0, 0.05) is 21.5 Å². The molecule has 0 fully saturated rings. The molecule has 112 valence electrons. The summed E-state index contributed by atoms with van der Waals surface area (Å²) in [6.07, 6.45) is -0.418. The molecule has 1 N–H and O–H groups in total. The number of hydrogen-bond acceptors (Lipinski definition) is 2. The van der Waals surface area contributed by atoms with Crippen LogP contribution >= 0.6 is 27.5 Å². The number of hydrogen-bond donors (Lipinski definition) is 1. The molecule has 0 atom stereocenters. The van der Waals surface area contributed by atoms with Gasteiger partial charge < -0.3 is 10.1 Å². The predicted molar refractivity (Wildman–Crippen MR) is 86.4 cm³/mol. The van der Waals surface area contributed by atoms with Gasteiger partial charge in [-0.25, -0.2) is 4.79 Å². The average Bonchev–Trinajstić information content (AvgIpc) is 2.23. The van der Waals surface area contributed by atoms with Crippen LogP contribution < -0.4 is 5.32 Å². The van der Waals surface area contributed by atoms with E-state index in [0.717, 1.165) is 10.0 Å². The molecule has 0 bridgehead atoms.